The van der Waals surface area contributed by atoms with Crippen molar-refractivity contribution in [3.8, 4) is 0 Å². The Labute approximate surface area is 125 Å². The molecular weight excluding hydrogens is 262 g/mol. The molecule has 110 valence electrons. The van der Waals surface area contributed by atoms with Gasteiger partial charge < -0.3 is 10.1 Å². The normalized spacial score (nSPS) is 17.9. The highest BCUT2D eigenvalue weighted by Crippen LogP contribution is 2.24. The first-order valence-corrected chi connectivity index (χ1v) is 7.51. The van der Waals surface area contributed by atoms with Gasteiger partial charge in [0.2, 0.25) is 0 Å². The van der Waals surface area contributed by atoms with Crippen molar-refractivity contribution in [2.24, 2.45) is 0 Å². The lowest BCUT2D eigenvalue weighted by molar-refractivity contribution is 0.193. The Balaban J connectivity index is 1.58. The van der Waals surface area contributed by atoms with Gasteiger partial charge in [-0.1, -0.05) is 24.3 Å². The zero-order chi connectivity index (χ0) is 14.5. The van der Waals surface area contributed by atoms with Crippen LogP contribution in [0, 0.1) is 6.92 Å². The van der Waals surface area contributed by atoms with E-state index in [1.165, 1.54) is 11.1 Å². The summed E-state index contributed by atoms with van der Waals surface area (Å²) in [5.74, 6) is 1.32. The number of rotatable bonds is 5. The zero-order valence-electron chi connectivity index (χ0n) is 12.4. The smallest absolute Gasteiger partial charge is 0.129 e. The molecule has 4 heteroatoms. The summed E-state index contributed by atoms with van der Waals surface area (Å²) >= 11 is 0. The highest BCUT2D eigenvalue weighted by Gasteiger charge is 2.19. The molecule has 1 fully saturated rings. The quantitative estimate of drug-likeness (QED) is 0.916. The third kappa shape index (κ3) is 3.58. The minimum absolute atomic E-state index is 0.421. The summed E-state index contributed by atoms with van der Waals surface area (Å²) in [7, 11) is 0. The van der Waals surface area contributed by atoms with Crippen LogP contribution in [0.5, 0.6) is 0 Å². The molecular formula is C17H21N3O. The molecule has 4 nitrogen and oxygen atoms in total. The summed E-state index contributed by atoms with van der Waals surface area (Å²) in [4.78, 5) is 8.67. The van der Waals surface area contributed by atoms with Crippen LogP contribution in [0.25, 0.3) is 0 Å². The van der Waals surface area contributed by atoms with E-state index in [1.54, 1.807) is 6.33 Å². The van der Waals surface area contributed by atoms with Gasteiger partial charge in [0.15, 0.2) is 0 Å². The number of nitrogens with one attached hydrogen (secondary N) is 1. The molecule has 0 aliphatic carbocycles. The minimum atomic E-state index is 0.421. The summed E-state index contributed by atoms with van der Waals surface area (Å²) in [5, 5.41) is 3.39. The summed E-state index contributed by atoms with van der Waals surface area (Å²) in [6.07, 6.45) is 3.70. The zero-order valence-corrected chi connectivity index (χ0v) is 12.4. The highest BCUT2D eigenvalue weighted by atomic mass is 16.5. The van der Waals surface area contributed by atoms with Crippen LogP contribution in [-0.4, -0.2) is 29.7 Å². The maximum Gasteiger partial charge on any atom is 0.129 e. The third-order valence-electron chi connectivity index (χ3n) is 4.00. The molecule has 1 aromatic carbocycles. The molecule has 2 aromatic rings. The van der Waals surface area contributed by atoms with Crippen LogP contribution in [-0.2, 0) is 11.2 Å². The standard InChI is InChI=1S/C17H21N3O/c1-13-4-2-3-5-14(13)6-8-18-17-10-16(19-12-20-17)15-7-9-21-11-15/h2-5,10,12,15H,6-9,11H2,1H3,(H,18,19,20)/t15-/m1/s1. The van der Waals surface area contributed by atoms with Crippen molar-refractivity contribution >= 4 is 5.82 Å². The first-order valence-electron chi connectivity index (χ1n) is 7.51. The lowest BCUT2D eigenvalue weighted by Gasteiger charge is -2.10. The number of aromatic nitrogens is 2. The topological polar surface area (TPSA) is 47.0 Å². The molecule has 1 saturated heterocycles. The summed E-state index contributed by atoms with van der Waals surface area (Å²) < 4.78 is 5.42. The number of anilines is 1. The van der Waals surface area contributed by atoms with Crippen molar-refractivity contribution in [1.82, 2.24) is 9.97 Å². The van der Waals surface area contributed by atoms with Crippen LogP contribution < -0.4 is 5.32 Å². The number of ether oxygens (including phenoxy) is 1. The largest absolute Gasteiger partial charge is 0.381 e. The van der Waals surface area contributed by atoms with Crippen molar-refractivity contribution < 1.29 is 4.74 Å². The van der Waals surface area contributed by atoms with Gasteiger partial charge in [-0.05, 0) is 30.9 Å². The van der Waals surface area contributed by atoms with E-state index in [4.69, 9.17) is 4.74 Å². The first kappa shape index (κ1) is 14.0. The number of hydrogen-bond donors (Lipinski definition) is 1. The van der Waals surface area contributed by atoms with Gasteiger partial charge in [-0.15, -0.1) is 0 Å². The van der Waals surface area contributed by atoms with Gasteiger partial charge in [-0.2, -0.15) is 0 Å². The molecule has 1 N–H and O–H groups in total. The molecule has 3 rings (SSSR count). The molecule has 1 aromatic heterocycles. The summed E-state index contributed by atoms with van der Waals surface area (Å²) in [6.45, 7) is 4.64. The molecule has 0 radical (unpaired) electrons. The van der Waals surface area contributed by atoms with Crippen molar-refractivity contribution in [1.29, 1.82) is 0 Å². The molecule has 1 atom stereocenters. The Morgan fingerprint density at radius 3 is 3.00 bits per heavy atom. The lowest BCUT2D eigenvalue weighted by Crippen LogP contribution is -2.09. The van der Waals surface area contributed by atoms with E-state index in [2.05, 4.69) is 52.5 Å². The van der Waals surface area contributed by atoms with E-state index in [0.29, 0.717) is 5.92 Å². The molecule has 0 amide bonds. The predicted molar refractivity (Wildman–Crippen MR) is 83.6 cm³/mol. The van der Waals surface area contributed by atoms with Crippen LogP contribution in [0.2, 0.25) is 0 Å². The Morgan fingerprint density at radius 1 is 1.29 bits per heavy atom. The van der Waals surface area contributed by atoms with Gasteiger partial charge in [-0.25, -0.2) is 9.97 Å². The van der Waals surface area contributed by atoms with Crippen LogP contribution in [0.3, 0.4) is 0 Å². The number of benzene rings is 1. The van der Waals surface area contributed by atoms with Gasteiger partial charge in [0.05, 0.1) is 12.3 Å². The minimum Gasteiger partial charge on any atom is -0.381 e. The number of hydrogen-bond acceptors (Lipinski definition) is 4. The molecule has 1 aliphatic rings. The van der Waals surface area contributed by atoms with Crippen LogP contribution >= 0.6 is 0 Å². The van der Waals surface area contributed by atoms with E-state index in [-0.39, 0.29) is 0 Å². The Kier molecular flexibility index (Phi) is 4.46. The SMILES string of the molecule is Cc1ccccc1CCNc1cc([C@@H]2CCOC2)ncn1. The average molecular weight is 283 g/mol. The van der Waals surface area contributed by atoms with Gasteiger partial charge in [-0.3, -0.25) is 0 Å². The first-order chi connectivity index (χ1) is 10.3. The Morgan fingerprint density at radius 2 is 2.19 bits per heavy atom. The van der Waals surface area contributed by atoms with Crippen LogP contribution in [0.1, 0.15) is 29.2 Å². The third-order valence-corrected chi connectivity index (χ3v) is 4.00. The predicted octanol–water partition coefficient (Wildman–Crippen LogP) is 2.94. The maximum absolute atomic E-state index is 5.42. The monoisotopic (exact) mass is 283 g/mol. The second kappa shape index (κ2) is 6.68. The second-order valence-corrected chi connectivity index (χ2v) is 5.49. The van der Waals surface area contributed by atoms with E-state index in [9.17, 15) is 0 Å². The van der Waals surface area contributed by atoms with Crippen molar-refractivity contribution in [2.75, 3.05) is 25.1 Å². The van der Waals surface area contributed by atoms with Gasteiger partial charge >= 0.3 is 0 Å². The summed E-state index contributed by atoms with van der Waals surface area (Å²) in [6, 6.07) is 10.5. The van der Waals surface area contributed by atoms with Crippen molar-refractivity contribution in [2.45, 2.75) is 25.7 Å². The lowest BCUT2D eigenvalue weighted by atomic mass is 10.0. The van der Waals surface area contributed by atoms with E-state index >= 15 is 0 Å². The van der Waals surface area contributed by atoms with Gasteiger partial charge in [0.1, 0.15) is 12.1 Å². The molecule has 0 unspecified atom stereocenters. The fourth-order valence-electron chi connectivity index (χ4n) is 2.68. The number of aryl methyl sites for hydroxylation is 1. The molecule has 21 heavy (non-hydrogen) atoms. The molecule has 1 aliphatic heterocycles. The van der Waals surface area contributed by atoms with E-state index < -0.39 is 0 Å². The van der Waals surface area contributed by atoms with Crippen LogP contribution in [0.4, 0.5) is 5.82 Å². The van der Waals surface area contributed by atoms with Crippen LogP contribution in [0.15, 0.2) is 36.7 Å². The fourth-order valence-corrected chi connectivity index (χ4v) is 2.68. The fraction of sp³-hybridized carbons (Fsp3) is 0.412. The molecule has 0 spiro atoms. The molecule has 0 saturated carbocycles. The van der Waals surface area contributed by atoms with E-state index in [0.717, 1.165) is 44.1 Å². The summed E-state index contributed by atoms with van der Waals surface area (Å²) in [5.41, 5.74) is 3.80. The average Bonchev–Trinajstić information content (AvgIpc) is 3.04. The van der Waals surface area contributed by atoms with E-state index in [1.807, 2.05) is 0 Å². The molecule has 0 bridgehead atoms. The maximum atomic E-state index is 5.42. The highest BCUT2D eigenvalue weighted by molar-refractivity contribution is 5.36. The second-order valence-electron chi connectivity index (χ2n) is 5.49. The number of nitrogens with zero attached hydrogens (tertiary/aromatic N) is 2. The van der Waals surface area contributed by atoms with Gasteiger partial charge in [0, 0.05) is 25.1 Å². The van der Waals surface area contributed by atoms with Crippen molar-refractivity contribution in [3.05, 3.63) is 53.5 Å². The van der Waals surface area contributed by atoms with Gasteiger partial charge in [0.25, 0.3) is 0 Å². The Bertz CT molecular complexity index is 594. The van der Waals surface area contributed by atoms with Crippen molar-refractivity contribution in [3.63, 3.8) is 0 Å². The Hall–Kier alpha value is -1.94. The molecule has 2 heterocycles.